The standard InChI is InChI=1S/C14H22N2O5S/c1-4-21-14(20)12-6-5-7-16(12)13(19)11(15-9(2)17)8-22-10(3)18/h11-12H,4-8H2,1-3H3,(H,15,17)/t11-,12-/m0/s1. The van der Waals surface area contributed by atoms with Crippen molar-refractivity contribution in [2.75, 3.05) is 18.9 Å². The molecule has 0 bridgehead atoms. The highest BCUT2D eigenvalue weighted by Crippen LogP contribution is 2.20. The van der Waals surface area contributed by atoms with Gasteiger partial charge in [-0.25, -0.2) is 4.79 Å². The van der Waals surface area contributed by atoms with Gasteiger partial charge in [-0.05, 0) is 19.8 Å². The van der Waals surface area contributed by atoms with Gasteiger partial charge in [0.1, 0.15) is 12.1 Å². The minimum absolute atomic E-state index is 0.133. The van der Waals surface area contributed by atoms with E-state index >= 15 is 0 Å². The summed E-state index contributed by atoms with van der Waals surface area (Å²) >= 11 is 0.971. The van der Waals surface area contributed by atoms with E-state index in [4.69, 9.17) is 4.74 Å². The molecule has 0 aromatic rings. The van der Waals surface area contributed by atoms with Crippen molar-refractivity contribution in [3.63, 3.8) is 0 Å². The lowest BCUT2D eigenvalue weighted by Crippen LogP contribution is -2.52. The number of ether oxygens (including phenoxy) is 1. The van der Waals surface area contributed by atoms with Gasteiger partial charge in [-0.15, -0.1) is 0 Å². The third-order valence-electron chi connectivity index (χ3n) is 3.22. The van der Waals surface area contributed by atoms with E-state index in [9.17, 15) is 19.2 Å². The van der Waals surface area contributed by atoms with Crippen LogP contribution in [0, 0.1) is 0 Å². The molecule has 8 heteroatoms. The summed E-state index contributed by atoms with van der Waals surface area (Å²) in [6.45, 7) is 5.13. The van der Waals surface area contributed by atoms with Crippen LogP contribution in [0.1, 0.15) is 33.6 Å². The van der Waals surface area contributed by atoms with Gasteiger partial charge in [0.05, 0.1) is 6.61 Å². The van der Waals surface area contributed by atoms with Crippen molar-refractivity contribution in [3.05, 3.63) is 0 Å². The summed E-state index contributed by atoms with van der Waals surface area (Å²) in [5, 5.41) is 2.42. The predicted molar refractivity (Wildman–Crippen MR) is 82.1 cm³/mol. The molecule has 2 amide bonds. The van der Waals surface area contributed by atoms with E-state index in [1.165, 1.54) is 18.7 Å². The van der Waals surface area contributed by atoms with Crippen LogP contribution in [0.25, 0.3) is 0 Å². The van der Waals surface area contributed by atoms with Crippen LogP contribution in [0.5, 0.6) is 0 Å². The largest absolute Gasteiger partial charge is 0.464 e. The molecule has 0 aliphatic carbocycles. The van der Waals surface area contributed by atoms with Gasteiger partial charge in [-0.1, -0.05) is 11.8 Å². The Morgan fingerprint density at radius 3 is 2.55 bits per heavy atom. The van der Waals surface area contributed by atoms with Crippen molar-refractivity contribution < 1.29 is 23.9 Å². The lowest BCUT2D eigenvalue weighted by Gasteiger charge is -2.27. The summed E-state index contributed by atoms with van der Waals surface area (Å²) in [4.78, 5) is 48.3. The van der Waals surface area contributed by atoms with Crippen LogP contribution < -0.4 is 5.32 Å². The molecule has 124 valence electrons. The maximum absolute atomic E-state index is 12.6. The van der Waals surface area contributed by atoms with Crippen LogP contribution >= 0.6 is 11.8 Å². The molecule has 1 heterocycles. The molecule has 1 saturated heterocycles. The Bertz CT molecular complexity index is 455. The summed E-state index contributed by atoms with van der Waals surface area (Å²) in [6.07, 6.45) is 1.26. The number of hydrogen-bond acceptors (Lipinski definition) is 6. The van der Waals surface area contributed by atoms with Crippen molar-refractivity contribution >= 4 is 34.7 Å². The third kappa shape index (κ3) is 5.32. The zero-order chi connectivity index (χ0) is 16.7. The Morgan fingerprint density at radius 2 is 2.00 bits per heavy atom. The number of carbonyl (C=O) groups excluding carboxylic acids is 4. The Kier molecular flexibility index (Phi) is 7.37. The van der Waals surface area contributed by atoms with Crippen LogP contribution in [0.3, 0.4) is 0 Å². The molecule has 0 unspecified atom stereocenters. The number of amides is 2. The lowest BCUT2D eigenvalue weighted by atomic mass is 10.2. The number of thioether (sulfide) groups is 1. The van der Waals surface area contributed by atoms with Gasteiger partial charge in [-0.2, -0.15) is 0 Å². The average Bonchev–Trinajstić information content (AvgIpc) is 2.91. The maximum atomic E-state index is 12.6. The summed E-state index contributed by atoms with van der Waals surface area (Å²) in [5.74, 6) is -0.970. The Hall–Kier alpha value is -1.57. The molecule has 0 saturated carbocycles. The van der Waals surface area contributed by atoms with Crippen LogP contribution in [-0.2, 0) is 23.9 Å². The summed E-state index contributed by atoms with van der Waals surface area (Å²) in [7, 11) is 0. The predicted octanol–water partition coefficient (Wildman–Crippen LogP) is 0.325. The molecule has 1 aliphatic heterocycles. The highest BCUT2D eigenvalue weighted by atomic mass is 32.2. The Morgan fingerprint density at radius 1 is 1.32 bits per heavy atom. The zero-order valence-corrected chi connectivity index (χ0v) is 13.9. The molecule has 22 heavy (non-hydrogen) atoms. The lowest BCUT2D eigenvalue weighted by molar-refractivity contribution is -0.153. The van der Waals surface area contributed by atoms with E-state index in [-0.39, 0.29) is 29.3 Å². The SMILES string of the molecule is CCOC(=O)[C@@H]1CCCN1C(=O)[C@H](CSC(C)=O)NC(C)=O. The van der Waals surface area contributed by atoms with Crippen molar-refractivity contribution in [2.45, 2.75) is 45.7 Å². The molecule has 0 aromatic carbocycles. The van der Waals surface area contributed by atoms with Gasteiger partial charge >= 0.3 is 5.97 Å². The first kappa shape index (κ1) is 18.5. The summed E-state index contributed by atoms with van der Waals surface area (Å²) in [5.41, 5.74) is 0. The van der Waals surface area contributed by atoms with Crippen molar-refractivity contribution in [3.8, 4) is 0 Å². The number of hydrogen-bond donors (Lipinski definition) is 1. The first-order chi connectivity index (χ1) is 10.4. The fraction of sp³-hybridized carbons (Fsp3) is 0.714. The highest BCUT2D eigenvalue weighted by Gasteiger charge is 2.38. The smallest absolute Gasteiger partial charge is 0.328 e. The second-order valence-electron chi connectivity index (χ2n) is 5.00. The van der Waals surface area contributed by atoms with Crippen LogP contribution in [0.2, 0.25) is 0 Å². The van der Waals surface area contributed by atoms with Gasteiger partial charge in [0.25, 0.3) is 0 Å². The normalized spacial score (nSPS) is 18.7. The van der Waals surface area contributed by atoms with Crippen molar-refractivity contribution in [2.24, 2.45) is 0 Å². The van der Waals surface area contributed by atoms with E-state index in [0.29, 0.717) is 19.4 Å². The molecule has 0 spiro atoms. The van der Waals surface area contributed by atoms with E-state index in [2.05, 4.69) is 5.32 Å². The second-order valence-corrected chi connectivity index (χ2v) is 6.19. The van der Waals surface area contributed by atoms with Crippen LogP contribution in [-0.4, -0.2) is 58.8 Å². The molecule has 1 fully saturated rings. The molecular formula is C14H22N2O5S. The fourth-order valence-electron chi connectivity index (χ4n) is 2.33. The maximum Gasteiger partial charge on any atom is 0.328 e. The molecule has 0 radical (unpaired) electrons. The molecule has 1 N–H and O–H groups in total. The van der Waals surface area contributed by atoms with Crippen LogP contribution in [0.4, 0.5) is 0 Å². The highest BCUT2D eigenvalue weighted by molar-refractivity contribution is 8.13. The van der Waals surface area contributed by atoms with Crippen LogP contribution in [0.15, 0.2) is 0 Å². The van der Waals surface area contributed by atoms with Gasteiger partial charge in [0.15, 0.2) is 5.12 Å². The van der Waals surface area contributed by atoms with E-state index < -0.39 is 18.1 Å². The Labute approximate surface area is 134 Å². The average molecular weight is 330 g/mol. The first-order valence-corrected chi connectivity index (χ1v) is 8.23. The van der Waals surface area contributed by atoms with Crippen molar-refractivity contribution in [1.29, 1.82) is 0 Å². The molecule has 2 atom stereocenters. The summed E-state index contributed by atoms with van der Waals surface area (Å²) in [6, 6.07) is -1.42. The monoisotopic (exact) mass is 330 g/mol. The topological polar surface area (TPSA) is 92.8 Å². The molecule has 7 nitrogen and oxygen atoms in total. The van der Waals surface area contributed by atoms with Gasteiger partial charge in [-0.3, -0.25) is 14.4 Å². The van der Waals surface area contributed by atoms with E-state index in [1.54, 1.807) is 6.92 Å². The quantitative estimate of drug-likeness (QED) is 0.705. The molecule has 1 rings (SSSR count). The molecule has 1 aliphatic rings. The van der Waals surface area contributed by atoms with Crippen molar-refractivity contribution in [1.82, 2.24) is 10.2 Å². The number of nitrogens with zero attached hydrogens (tertiary/aromatic N) is 1. The van der Waals surface area contributed by atoms with Gasteiger partial charge in [0.2, 0.25) is 11.8 Å². The number of nitrogens with one attached hydrogen (secondary N) is 1. The number of likely N-dealkylation sites (tertiary alicyclic amines) is 1. The van der Waals surface area contributed by atoms with E-state index in [0.717, 1.165) is 11.8 Å². The molecular weight excluding hydrogens is 308 g/mol. The number of carbonyl (C=O) groups is 4. The summed E-state index contributed by atoms with van der Waals surface area (Å²) < 4.78 is 4.99. The second kappa shape index (κ2) is 8.77. The Balaban J connectivity index is 2.79. The van der Waals surface area contributed by atoms with E-state index in [1.807, 2.05) is 0 Å². The zero-order valence-electron chi connectivity index (χ0n) is 13.1. The van der Waals surface area contributed by atoms with Gasteiger partial charge < -0.3 is 15.0 Å². The number of esters is 1. The fourth-order valence-corrected chi connectivity index (χ4v) is 2.96. The van der Waals surface area contributed by atoms with Gasteiger partial charge in [0, 0.05) is 26.1 Å². The first-order valence-electron chi connectivity index (χ1n) is 7.24. The number of rotatable bonds is 6. The molecule has 0 aromatic heterocycles. The third-order valence-corrected chi connectivity index (χ3v) is 4.13. The minimum atomic E-state index is -0.818. The minimum Gasteiger partial charge on any atom is -0.464 e.